The molecule has 4 aliphatic rings. The highest BCUT2D eigenvalue weighted by Gasteiger charge is 2.43. The first kappa shape index (κ1) is 32.3. The molecule has 0 aromatic heterocycles. The predicted molar refractivity (Wildman–Crippen MR) is 170 cm³/mol. The van der Waals surface area contributed by atoms with Crippen LogP contribution in [0.3, 0.4) is 0 Å². The number of azide groups is 2. The third-order valence-electron chi connectivity index (χ3n) is 8.12. The zero-order valence-corrected chi connectivity index (χ0v) is 26.9. The first-order valence-electron chi connectivity index (χ1n) is 14.1. The number of benzene rings is 1. The lowest BCUT2D eigenvalue weighted by atomic mass is 10.0. The number of rotatable bonds is 10. The van der Waals surface area contributed by atoms with Crippen molar-refractivity contribution in [3.63, 3.8) is 0 Å². The van der Waals surface area contributed by atoms with Crippen LogP contribution in [-0.4, -0.2) is 109 Å². The van der Waals surface area contributed by atoms with Crippen LogP contribution in [0, 0.1) is 0 Å². The Morgan fingerprint density at radius 2 is 1.82 bits per heavy atom. The van der Waals surface area contributed by atoms with Gasteiger partial charge in [-0.1, -0.05) is 32.8 Å². The zero-order valence-electron chi connectivity index (χ0n) is 23.9. The number of piperazine rings is 2. The third kappa shape index (κ3) is 6.90. The number of carbonyl (C=O) groups is 1. The number of nitrogens with zero attached hydrogens (tertiary/aromatic N) is 11. The van der Waals surface area contributed by atoms with Gasteiger partial charge in [-0.2, -0.15) is 4.31 Å². The first-order valence-corrected chi connectivity index (χ1v) is 16.8. The van der Waals surface area contributed by atoms with Crippen LogP contribution in [0.25, 0.3) is 20.9 Å². The standard InChI is InChI=1S/C25H34IN13O4S/c26-25(32-34-28)38-21-5-6-22(31-24(21)37(17-23(38)40)18-7-15-43-16-8-18)39(29)19-1-3-20(4-2-19)44(41,42)36-13-11-35(12-14-36)10-9-30-33-27/h1-6,18,24-25,31H,7-17,29H2. The van der Waals surface area contributed by atoms with E-state index >= 15 is 0 Å². The van der Waals surface area contributed by atoms with E-state index in [2.05, 4.69) is 35.2 Å². The van der Waals surface area contributed by atoms with Gasteiger partial charge in [-0.3, -0.25) is 19.6 Å². The van der Waals surface area contributed by atoms with Crippen molar-refractivity contribution in [1.82, 2.24) is 24.3 Å². The Hall–Kier alpha value is -3.13. The van der Waals surface area contributed by atoms with Crippen molar-refractivity contribution in [3.8, 4) is 0 Å². The largest absolute Gasteiger partial charge is 0.381 e. The number of nitrogens with two attached hydrogens (primary N) is 1. The second-order valence-corrected chi connectivity index (χ2v) is 13.6. The summed E-state index contributed by atoms with van der Waals surface area (Å²) in [5, 5.41) is 12.2. The minimum Gasteiger partial charge on any atom is -0.381 e. The fourth-order valence-corrected chi connectivity index (χ4v) is 7.95. The summed E-state index contributed by atoms with van der Waals surface area (Å²) in [7, 11) is -3.70. The highest BCUT2D eigenvalue weighted by molar-refractivity contribution is 14.1. The molecule has 3 N–H and O–H groups in total. The van der Waals surface area contributed by atoms with Gasteiger partial charge in [0, 0.05) is 68.3 Å². The molecule has 19 heteroatoms. The van der Waals surface area contributed by atoms with Crippen molar-refractivity contribution in [2.45, 2.75) is 34.1 Å². The number of carbonyl (C=O) groups excluding carboxylic acids is 1. The van der Waals surface area contributed by atoms with Gasteiger partial charge in [0.15, 0.2) is 4.17 Å². The average molecular weight is 740 g/mol. The van der Waals surface area contributed by atoms with E-state index in [1.807, 2.05) is 22.6 Å². The minimum absolute atomic E-state index is 0.103. The van der Waals surface area contributed by atoms with Crippen LogP contribution in [0.1, 0.15) is 12.8 Å². The third-order valence-corrected chi connectivity index (χ3v) is 10.8. The molecule has 236 valence electrons. The number of alkyl halides is 1. The van der Waals surface area contributed by atoms with E-state index < -0.39 is 20.4 Å². The van der Waals surface area contributed by atoms with Gasteiger partial charge in [0.25, 0.3) is 0 Å². The molecule has 3 saturated heterocycles. The number of fused-ring (bicyclic) bond motifs is 1. The fourth-order valence-electron chi connectivity index (χ4n) is 5.78. The Morgan fingerprint density at radius 1 is 1.11 bits per heavy atom. The highest BCUT2D eigenvalue weighted by Crippen LogP contribution is 2.33. The molecule has 44 heavy (non-hydrogen) atoms. The molecule has 17 nitrogen and oxygen atoms in total. The number of halogens is 1. The number of hydrogen-bond donors (Lipinski definition) is 2. The molecular formula is C25H34IN13O4S. The van der Waals surface area contributed by atoms with Crippen molar-refractivity contribution in [1.29, 1.82) is 0 Å². The van der Waals surface area contributed by atoms with Crippen LogP contribution in [0.4, 0.5) is 5.69 Å². The number of ether oxygens (including phenoxy) is 1. The second kappa shape index (κ2) is 14.3. The van der Waals surface area contributed by atoms with Gasteiger partial charge in [0.1, 0.15) is 12.0 Å². The van der Waals surface area contributed by atoms with Gasteiger partial charge in [-0.15, -0.1) is 0 Å². The van der Waals surface area contributed by atoms with Crippen LogP contribution >= 0.6 is 22.6 Å². The number of hydrazine groups is 1. The summed E-state index contributed by atoms with van der Waals surface area (Å²) in [6.45, 7) is 4.08. The van der Waals surface area contributed by atoms with E-state index in [1.54, 1.807) is 36.4 Å². The molecule has 0 radical (unpaired) electrons. The average Bonchev–Trinajstić information content (AvgIpc) is 3.04. The van der Waals surface area contributed by atoms with E-state index in [9.17, 15) is 13.2 Å². The van der Waals surface area contributed by atoms with Crippen LogP contribution in [-0.2, 0) is 19.6 Å². The molecule has 4 heterocycles. The summed E-state index contributed by atoms with van der Waals surface area (Å²) < 4.78 is 32.9. The molecule has 0 aliphatic carbocycles. The lowest BCUT2D eigenvalue weighted by Crippen LogP contribution is -2.65. The molecule has 5 rings (SSSR count). The zero-order chi connectivity index (χ0) is 31.3. The SMILES string of the molecule is [N-]=[N+]=NCCN1CCN(S(=O)(=O)c2ccc(N(N)C3=CC=C4C(N3)N(C3CCOCC3)CC(=O)N4C(I)N=[N+]=[N-])cc2)CC1. The number of hydrogen-bond acceptors (Lipinski definition) is 11. The smallest absolute Gasteiger partial charge is 0.243 e. The van der Waals surface area contributed by atoms with E-state index in [0.717, 1.165) is 12.8 Å². The molecule has 1 amide bonds. The van der Waals surface area contributed by atoms with Crippen molar-refractivity contribution >= 4 is 44.2 Å². The molecule has 1 aromatic rings. The maximum absolute atomic E-state index is 13.3. The fraction of sp³-hybridized carbons (Fsp3) is 0.560. The first-order chi connectivity index (χ1) is 21.2. The van der Waals surface area contributed by atoms with Crippen molar-refractivity contribution < 1.29 is 17.9 Å². The second-order valence-electron chi connectivity index (χ2n) is 10.5. The topological polar surface area (TPSA) is 212 Å². The Bertz CT molecular complexity index is 1480. The molecule has 0 spiro atoms. The molecule has 0 saturated carbocycles. The lowest BCUT2D eigenvalue weighted by molar-refractivity contribution is -0.138. The molecule has 1 aromatic carbocycles. The summed E-state index contributed by atoms with van der Waals surface area (Å²) in [5.41, 5.74) is 18.7. The normalized spacial score (nSPS) is 22.9. The van der Waals surface area contributed by atoms with Crippen molar-refractivity contribution in [3.05, 3.63) is 68.8 Å². The molecule has 3 fully saturated rings. The van der Waals surface area contributed by atoms with Gasteiger partial charge >= 0.3 is 0 Å². The van der Waals surface area contributed by atoms with Crippen LogP contribution in [0.2, 0.25) is 0 Å². The van der Waals surface area contributed by atoms with Gasteiger partial charge in [-0.05, 0) is 60.3 Å². The number of nitrogens with one attached hydrogen (secondary N) is 1. The summed E-state index contributed by atoms with van der Waals surface area (Å²) in [4.78, 5) is 24.7. The van der Waals surface area contributed by atoms with E-state index in [1.165, 1.54) is 14.2 Å². The summed E-state index contributed by atoms with van der Waals surface area (Å²) in [6, 6.07) is 6.49. The minimum atomic E-state index is -3.70. The molecule has 2 unspecified atom stereocenters. The van der Waals surface area contributed by atoms with Crippen molar-refractivity contribution in [2.75, 3.05) is 64.0 Å². The maximum atomic E-state index is 13.3. The molecule has 4 aliphatic heterocycles. The summed E-state index contributed by atoms with van der Waals surface area (Å²) >= 11 is 1.94. The van der Waals surface area contributed by atoms with Crippen LogP contribution in [0.15, 0.2) is 63.1 Å². The van der Waals surface area contributed by atoms with Crippen molar-refractivity contribution in [2.24, 2.45) is 16.1 Å². The number of anilines is 1. The van der Waals surface area contributed by atoms with Gasteiger partial charge in [-0.25, -0.2) is 14.3 Å². The van der Waals surface area contributed by atoms with Crippen LogP contribution < -0.4 is 16.2 Å². The maximum Gasteiger partial charge on any atom is 0.243 e. The van der Waals surface area contributed by atoms with Gasteiger partial charge in [0.05, 0.1) is 22.8 Å². The summed E-state index contributed by atoms with van der Waals surface area (Å²) in [5.74, 6) is 6.92. The monoisotopic (exact) mass is 739 g/mol. The molecule has 0 bridgehead atoms. The van der Waals surface area contributed by atoms with E-state index in [4.69, 9.17) is 21.6 Å². The predicted octanol–water partition coefficient (Wildman–Crippen LogP) is 1.99. The van der Waals surface area contributed by atoms with Crippen LogP contribution in [0.5, 0.6) is 0 Å². The number of sulfonamides is 1. The Balaban J connectivity index is 1.32. The Morgan fingerprint density at radius 3 is 2.48 bits per heavy atom. The molecular weight excluding hydrogens is 705 g/mol. The quantitative estimate of drug-likeness (QED) is 0.0524. The van der Waals surface area contributed by atoms with Gasteiger partial charge in [0.2, 0.25) is 15.9 Å². The Kier molecular flexibility index (Phi) is 10.5. The molecule has 2 atom stereocenters. The van der Waals surface area contributed by atoms with E-state index in [0.29, 0.717) is 69.7 Å². The Labute approximate surface area is 268 Å². The highest BCUT2D eigenvalue weighted by atomic mass is 127. The number of allylic oxidation sites excluding steroid dienone is 2. The van der Waals surface area contributed by atoms with Gasteiger partial charge < -0.3 is 15.0 Å². The number of amides is 1. The lowest BCUT2D eigenvalue weighted by Gasteiger charge is -2.49. The van der Waals surface area contributed by atoms with E-state index in [-0.39, 0.29) is 23.4 Å². The summed E-state index contributed by atoms with van der Waals surface area (Å²) in [6.07, 6.45) is 4.66. The number of dihydropyridines is 1.